The Morgan fingerprint density at radius 1 is 1.39 bits per heavy atom. The lowest BCUT2D eigenvalue weighted by molar-refractivity contribution is -0.140. The van der Waals surface area contributed by atoms with Crippen molar-refractivity contribution in [3.63, 3.8) is 0 Å². The van der Waals surface area contributed by atoms with E-state index in [1.807, 2.05) is 0 Å². The van der Waals surface area contributed by atoms with Crippen LogP contribution >= 0.6 is 11.3 Å². The summed E-state index contributed by atoms with van der Waals surface area (Å²) in [5.41, 5.74) is -1.03. The number of hydrogen-bond acceptors (Lipinski definition) is 4. The molecule has 0 aliphatic heterocycles. The average Bonchev–Trinajstić information content (AvgIpc) is 3.07. The summed E-state index contributed by atoms with van der Waals surface area (Å²) in [5.74, 6) is -0.530. The van der Waals surface area contributed by atoms with E-state index in [1.165, 1.54) is 0 Å². The third-order valence-corrected chi connectivity index (χ3v) is 4.40. The minimum Gasteiger partial charge on any atom is -0.353 e. The summed E-state index contributed by atoms with van der Waals surface area (Å²) < 4.78 is 37.3. The van der Waals surface area contributed by atoms with Crippen LogP contribution in [0.25, 0.3) is 0 Å². The molecule has 2 N–H and O–H groups in total. The van der Waals surface area contributed by atoms with Gasteiger partial charge in [0.15, 0.2) is 10.8 Å². The number of amides is 2. The Kier molecular flexibility index (Phi) is 5.61. The fraction of sp³-hybridized carbons (Fsp3) is 0.643. The van der Waals surface area contributed by atoms with E-state index >= 15 is 0 Å². The molecule has 0 saturated heterocycles. The summed E-state index contributed by atoms with van der Waals surface area (Å²) in [5, 5.41) is 5.84. The first-order valence-electron chi connectivity index (χ1n) is 7.38. The van der Waals surface area contributed by atoms with Crippen LogP contribution in [0.15, 0.2) is 5.38 Å². The van der Waals surface area contributed by atoms with Crippen LogP contribution in [0.4, 0.5) is 18.3 Å². The highest BCUT2D eigenvalue weighted by Gasteiger charge is 2.34. The third-order valence-electron chi connectivity index (χ3n) is 3.65. The molecule has 1 unspecified atom stereocenters. The Morgan fingerprint density at radius 2 is 2.04 bits per heavy atom. The van der Waals surface area contributed by atoms with Crippen molar-refractivity contribution in [3.05, 3.63) is 11.1 Å². The van der Waals surface area contributed by atoms with E-state index in [-0.39, 0.29) is 29.4 Å². The molecule has 1 aliphatic rings. The topological polar surface area (TPSA) is 71.1 Å². The molecule has 1 atom stereocenters. The van der Waals surface area contributed by atoms with Crippen molar-refractivity contribution >= 4 is 28.3 Å². The molecule has 0 bridgehead atoms. The van der Waals surface area contributed by atoms with Gasteiger partial charge in [-0.3, -0.25) is 9.59 Å². The van der Waals surface area contributed by atoms with Gasteiger partial charge in [0.2, 0.25) is 11.8 Å². The molecule has 1 heterocycles. The first-order valence-corrected chi connectivity index (χ1v) is 8.26. The molecule has 0 spiro atoms. The molecule has 23 heavy (non-hydrogen) atoms. The van der Waals surface area contributed by atoms with Gasteiger partial charge in [-0.25, -0.2) is 4.98 Å². The maximum atomic E-state index is 12.4. The van der Waals surface area contributed by atoms with Crippen molar-refractivity contribution in [3.8, 4) is 0 Å². The van der Waals surface area contributed by atoms with Crippen molar-refractivity contribution in [2.75, 3.05) is 5.32 Å². The standard InChI is InChI=1S/C14H18F3N3O2S/c1-8(18-12(22)9-4-2-3-5-9)6-11(21)20-13-19-10(7-23-13)14(15,16)17/h7-9H,2-6H2,1H3,(H,18,22)(H,19,20,21). The van der Waals surface area contributed by atoms with Gasteiger partial charge in [-0.1, -0.05) is 12.8 Å². The van der Waals surface area contributed by atoms with Crippen LogP contribution in [0.5, 0.6) is 0 Å². The fourth-order valence-electron chi connectivity index (χ4n) is 2.51. The molecule has 0 radical (unpaired) electrons. The number of alkyl halides is 3. The number of carbonyl (C=O) groups excluding carboxylic acids is 2. The summed E-state index contributed by atoms with van der Waals surface area (Å²) in [6, 6.07) is -0.384. The summed E-state index contributed by atoms with van der Waals surface area (Å²) in [7, 11) is 0. The Morgan fingerprint density at radius 3 is 2.61 bits per heavy atom. The van der Waals surface area contributed by atoms with Crippen LogP contribution in [0.1, 0.15) is 44.7 Å². The van der Waals surface area contributed by atoms with E-state index in [4.69, 9.17) is 0 Å². The maximum Gasteiger partial charge on any atom is 0.434 e. The predicted octanol–water partition coefficient (Wildman–Crippen LogP) is 3.19. The lowest BCUT2D eigenvalue weighted by atomic mass is 10.1. The molecule has 128 valence electrons. The third kappa shape index (κ3) is 5.19. The molecule has 9 heteroatoms. The number of nitrogens with zero attached hydrogens (tertiary/aromatic N) is 1. The second-order valence-electron chi connectivity index (χ2n) is 5.68. The summed E-state index contributed by atoms with van der Waals surface area (Å²) >= 11 is 0.716. The lowest BCUT2D eigenvalue weighted by Gasteiger charge is -2.16. The zero-order valence-electron chi connectivity index (χ0n) is 12.6. The molecule has 2 rings (SSSR count). The largest absolute Gasteiger partial charge is 0.434 e. The van der Waals surface area contributed by atoms with Crippen molar-refractivity contribution in [2.45, 2.75) is 51.2 Å². The van der Waals surface area contributed by atoms with Crippen LogP contribution in [0, 0.1) is 5.92 Å². The number of rotatable bonds is 5. The molecule has 5 nitrogen and oxygen atoms in total. The molecule has 1 aromatic heterocycles. The van der Waals surface area contributed by atoms with Crippen molar-refractivity contribution in [1.82, 2.24) is 10.3 Å². The molecular formula is C14H18F3N3O2S. The maximum absolute atomic E-state index is 12.4. The highest BCUT2D eigenvalue weighted by atomic mass is 32.1. The number of nitrogens with one attached hydrogen (secondary N) is 2. The molecule has 1 saturated carbocycles. The van der Waals surface area contributed by atoms with Gasteiger partial charge < -0.3 is 10.6 Å². The Labute approximate surface area is 135 Å². The lowest BCUT2D eigenvalue weighted by Crippen LogP contribution is -2.38. The van der Waals surface area contributed by atoms with Crippen LogP contribution in [0.2, 0.25) is 0 Å². The van der Waals surface area contributed by atoms with Gasteiger partial charge in [0.25, 0.3) is 0 Å². The van der Waals surface area contributed by atoms with Crippen molar-refractivity contribution in [1.29, 1.82) is 0 Å². The highest BCUT2D eigenvalue weighted by Crippen LogP contribution is 2.31. The van der Waals surface area contributed by atoms with Gasteiger partial charge in [0.05, 0.1) is 0 Å². The number of aromatic nitrogens is 1. The Bertz CT molecular complexity index is 568. The highest BCUT2D eigenvalue weighted by molar-refractivity contribution is 7.13. The number of thiazole rings is 1. The number of anilines is 1. The molecular weight excluding hydrogens is 331 g/mol. The van der Waals surface area contributed by atoms with Crippen LogP contribution in [-0.4, -0.2) is 22.8 Å². The summed E-state index contributed by atoms with van der Waals surface area (Å²) in [6.07, 6.45) is -0.729. The molecule has 0 aromatic carbocycles. The Balaban J connectivity index is 1.79. The first-order chi connectivity index (χ1) is 10.8. The van der Waals surface area contributed by atoms with E-state index in [0.717, 1.165) is 31.1 Å². The van der Waals surface area contributed by atoms with Crippen LogP contribution < -0.4 is 10.6 Å². The van der Waals surface area contributed by atoms with Gasteiger partial charge >= 0.3 is 6.18 Å². The first kappa shape index (κ1) is 17.7. The molecule has 1 aromatic rings. The SMILES string of the molecule is CC(CC(=O)Nc1nc(C(F)(F)F)cs1)NC(=O)C1CCCC1. The second kappa shape index (κ2) is 7.29. The van der Waals surface area contributed by atoms with E-state index in [0.29, 0.717) is 11.3 Å². The zero-order chi connectivity index (χ0) is 17.0. The van der Waals surface area contributed by atoms with E-state index in [1.54, 1.807) is 6.92 Å². The van der Waals surface area contributed by atoms with E-state index in [9.17, 15) is 22.8 Å². The Hall–Kier alpha value is -1.64. The van der Waals surface area contributed by atoms with Gasteiger partial charge in [0, 0.05) is 23.8 Å². The second-order valence-corrected chi connectivity index (χ2v) is 6.54. The zero-order valence-corrected chi connectivity index (χ0v) is 13.4. The minimum absolute atomic E-state index is 0.00816. The van der Waals surface area contributed by atoms with Crippen molar-refractivity contribution < 1.29 is 22.8 Å². The summed E-state index contributed by atoms with van der Waals surface area (Å²) in [4.78, 5) is 27.1. The molecule has 1 aliphatic carbocycles. The van der Waals surface area contributed by atoms with Gasteiger partial charge in [-0.05, 0) is 19.8 Å². The fourth-order valence-corrected chi connectivity index (χ4v) is 3.24. The van der Waals surface area contributed by atoms with E-state index < -0.39 is 17.8 Å². The number of hydrogen-bond donors (Lipinski definition) is 2. The minimum atomic E-state index is -4.53. The van der Waals surface area contributed by atoms with Gasteiger partial charge in [-0.15, -0.1) is 11.3 Å². The van der Waals surface area contributed by atoms with Gasteiger partial charge in [0.1, 0.15) is 0 Å². The smallest absolute Gasteiger partial charge is 0.353 e. The molecule has 1 fully saturated rings. The van der Waals surface area contributed by atoms with E-state index in [2.05, 4.69) is 15.6 Å². The normalized spacial score (nSPS) is 17.0. The summed E-state index contributed by atoms with van der Waals surface area (Å²) in [6.45, 7) is 1.69. The average molecular weight is 349 g/mol. The van der Waals surface area contributed by atoms with Gasteiger partial charge in [-0.2, -0.15) is 13.2 Å². The monoisotopic (exact) mass is 349 g/mol. The predicted molar refractivity (Wildman–Crippen MR) is 79.9 cm³/mol. The number of halogens is 3. The number of carbonyl (C=O) groups is 2. The van der Waals surface area contributed by atoms with Crippen LogP contribution in [-0.2, 0) is 15.8 Å². The molecule has 2 amide bonds. The quantitative estimate of drug-likeness (QED) is 0.858. The van der Waals surface area contributed by atoms with Crippen LogP contribution in [0.3, 0.4) is 0 Å². The van der Waals surface area contributed by atoms with Crippen molar-refractivity contribution in [2.24, 2.45) is 5.92 Å².